The number of rotatable bonds is 1. The lowest BCUT2D eigenvalue weighted by Crippen LogP contribution is -2.32. The molecule has 1 fully saturated rings. The van der Waals surface area contributed by atoms with E-state index in [9.17, 15) is 5.11 Å². The Bertz CT molecular complexity index is 116. The van der Waals surface area contributed by atoms with Crippen LogP contribution in [0.3, 0.4) is 0 Å². The van der Waals surface area contributed by atoms with Crippen molar-refractivity contribution in [1.82, 2.24) is 4.90 Å². The van der Waals surface area contributed by atoms with Gasteiger partial charge in [-0.25, -0.2) is 0 Å². The third-order valence-electron chi connectivity index (χ3n) is 2.70. The van der Waals surface area contributed by atoms with Gasteiger partial charge in [-0.15, -0.1) is 0 Å². The largest absolute Gasteiger partial charge is 0.393 e. The molecule has 1 heterocycles. The van der Waals surface area contributed by atoms with Crippen LogP contribution in [0.2, 0.25) is 0 Å². The predicted octanol–water partition coefficient (Wildman–Crippen LogP) is 1.24. The summed E-state index contributed by atoms with van der Waals surface area (Å²) in [5, 5.41) is 9.39. The first-order valence-corrected chi connectivity index (χ1v) is 4.66. The third-order valence-corrected chi connectivity index (χ3v) is 2.70. The zero-order valence-corrected chi connectivity index (χ0v) is 7.58. The van der Waals surface area contributed by atoms with Crippen molar-refractivity contribution in [2.24, 2.45) is 0 Å². The minimum absolute atomic E-state index is 0.0472. The lowest BCUT2D eigenvalue weighted by Gasteiger charge is -2.24. The van der Waals surface area contributed by atoms with Gasteiger partial charge in [0.2, 0.25) is 0 Å². The molecule has 0 radical (unpaired) electrons. The molecule has 2 atom stereocenters. The summed E-state index contributed by atoms with van der Waals surface area (Å²) in [5.41, 5.74) is 0. The van der Waals surface area contributed by atoms with E-state index in [1.54, 1.807) is 0 Å². The van der Waals surface area contributed by atoms with E-state index >= 15 is 0 Å². The summed E-state index contributed by atoms with van der Waals surface area (Å²) in [7, 11) is 0. The molecule has 1 N–H and O–H groups in total. The Morgan fingerprint density at radius 3 is 2.73 bits per heavy atom. The van der Waals surface area contributed by atoms with Crippen LogP contribution >= 0.6 is 0 Å². The summed E-state index contributed by atoms with van der Waals surface area (Å²) >= 11 is 0. The van der Waals surface area contributed by atoms with Crippen LogP contribution in [0.4, 0.5) is 0 Å². The molecule has 0 unspecified atom stereocenters. The molecule has 1 aliphatic rings. The van der Waals surface area contributed by atoms with Gasteiger partial charge in [-0.05, 0) is 32.7 Å². The molecule has 0 amide bonds. The van der Waals surface area contributed by atoms with Crippen LogP contribution in [0.15, 0.2) is 0 Å². The van der Waals surface area contributed by atoms with Gasteiger partial charge in [0.1, 0.15) is 0 Å². The first-order valence-electron chi connectivity index (χ1n) is 4.66. The Kier molecular flexibility index (Phi) is 3.34. The zero-order valence-electron chi connectivity index (χ0n) is 7.58. The van der Waals surface area contributed by atoms with Crippen LogP contribution in [0.5, 0.6) is 0 Å². The number of nitrogens with zero attached hydrogens (tertiary/aromatic N) is 1. The van der Waals surface area contributed by atoms with Crippen LogP contribution in [-0.2, 0) is 0 Å². The Labute approximate surface area is 69.2 Å². The maximum atomic E-state index is 9.39. The van der Waals surface area contributed by atoms with E-state index in [1.165, 1.54) is 0 Å². The van der Waals surface area contributed by atoms with E-state index < -0.39 is 0 Å². The van der Waals surface area contributed by atoms with Crippen LogP contribution in [-0.4, -0.2) is 35.2 Å². The fourth-order valence-electron chi connectivity index (χ4n) is 1.77. The molecule has 11 heavy (non-hydrogen) atoms. The van der Waals surface area contributed by atoms with Crippen molar-refractivity contribution in [3.63, 3.8) is 0 Å². The van der Waals surface area contributed by atoms with Gasteiger partial charge in [-0.1, -0.05) is 6.92 Å². The highest BCUT2D eigenvalue weighted by molar-refractivity contribution is 4.74. The average molecular weight is 157 g/mol. The van der Waals surface area contributed by atoms with Crippen molar-refractivity contribution in [2.45, 2.75) is 45.3 Å². The van der Waals surface area contributed by atoms with Gasteiger partial charge in [0.05, 0.1) is 6.10 Å². The lowest BCUT2D eigenvalue weighted by molar-refractivity contribution is 0.155. The Morgan fingerprint density at radius 1 is 1.36 bits per heavy atom. The molecule has 2 nitrogen and oxygen atoms in total. The molecule has 1 saturated heterocycles. The minimum Gasteiger partial charge on any atom is -0.393 e. The summed E-state index contributed by atoms with van der Waals surface area (Å²) in [5.74, 6) is 0. The smallest absolute Gasteiger partial charge is 0.0553 e. The highest BCUT2D eigenvalue weighted by Gasteiger charge is 2.18. The Balaban J connectivity index is 2.41. The molecule has 0 aromatic heterocycles. The molecular weight excluding hydrogens is 138 g/mol. The number of hydrogen-bond donors (Lipinski definition) is 1. The molecule has 0 aromatic carbocycles. The summed E-state index contributed by atoms with van der Waals surface area (Å²) in [6, 6.07) is 0.664. The van der Waals surface area contributed by atoms with Gasteiger partial charge in [0.15, 0.2) is 0 Å². The monoisotopic (exact) mass is 157 g/mol. The molecule has 1 rings (SSSR count). The average Bonchev–Trinajstić information content (AvgIpc) is 2.15. The zero-order chi connectivity index (χ0) is 8.27. The van der Waals surface area contributed by atoms with Crippen molar-refractivity contribution in [2.75, 3.05) is 13.1 Å². The van der Waals surface area contributed by atoms with Gasteiger partial charge < -0.3 is 10.0 Å². The standard InChI is InChI=1S/C9H19NO/c1-3-10-7-6-9(11)5-4-8(10)2/h8-9,11H,3-7H2,1-2H3/t8-,9+/m1/s1. The number of aliphatic hydroxyl groups excluding tert-OH is 1. The SMILES string of the molecule is CCN1CC[C@@H](O)CC[C@H]1C. The van der Waals surface area contributed by atoms with E-state index in [0.717, 1.165) is 32.4 Å². The van der Waals surface area contributed by atoms with Crippen LogP contribution in [0.1, 0.15) is 33.1 Å². The fraction of sp³-hybridized carbons (Fsp3) is 1.00. The van der Waals surface area contributed by atoms with Crippen molar-refractivity contribution < 1.29 is 5.11 Å². The second-order valence-corrected chi connectivity index (χ2v) is 3.50. The highest BCUT2D eigenvalue weighted by Crippen LogP contribution is 2.15. The lowest BCUT2D eigenvalue weighted by atomic mass is 10.1. The van der Waals surface area contributed by atoms with E-state index in [4.69, 9.17) is 0 Å². The third kappa shape index (κ3) is 2.46. The number of likely N-dealkylation sites (tertiary alicyclic amines) is 1. The van der Waals surface area contributed by atoms with E-state index in [1.807, 2.05) is 0 Å². The molecule has 0 aromatic rings. The quantitative estimate of drug-likeness (QED) is 0.619. The summed E-state index contributed by atoms with van der Waals surface area (Å²) in [6.07, 6.45) is 3.04. The number of aliphatic hydroxyl groups is 1. The summed E-state index contributed by atoms with van der Waals surface area (Å²) in [4.78, 5) is 2.44. The van der Waals surface area contributed by atoms with Gasteiger partial charge >= 0.3 is 0 Å². The molecule has 0 saturated carbocycles. The van der Waals surface area contributed by atoms with E-state index in [0.29, 0.717) is 6.04 Å². The molecule has 0 bridgehead atoms. The molecule has 2 heteroatoms. The van der Waals surface area contributed by atoms with Gasteiger partial charge in [-0.2, -0.15) is 0 Å². The molecule has 0 spiro atoms. The van der Waals surface area contributed by atoms with Crippen LogP contribution < -0.4 is 0 Å². The van der Waals surface area contributed by atoms with Crippen molar-refractivity contribution >= 4 is 0 Å². The van der Waals surface area contributed by atoms with Crippen LogP contribution in [0, 0.1) is 0 Å². The normalized spacial score (nSPS) is 35.2. The number of hydrogen-bond acceptors (Lipinski definition) is 2. The Morgan fingerprint density at radius 2 is 2.09 bits per heavy atom. The van der Waals surface area contributed by atoms with Gasteiger partial charge in [0, 0.05) is 12.6 Å². The summed E-state index contributed by atoms with van der Waals surface area (Å²) < 4.78 is 0. The second-order valence-electron chi connectivity index (χ2n) is 3.50. The topological polar surface area (TPSA) is 23.5 Å². The van der Waals surface area contributed by atoms with Crippen LogP contribution in [0.25, 0.3) is 0 Å². The molecule has 0 aliphatic carbocycles. The molecule has 1 aliphatic heterocycles. The first kappa shape index (κ1) is 9.01. The van der Waals surface area contributed by atoms with Crippen molar-refractivity contribution in [3.8, 4) is 0 Å². The van der Waals surface area contributed by atoms with Crippen molar-refractivity contribution in [1.29, 1.82) is 0 Å². The maximum Gasteiger partial charge on any atom is 0.0553 e. The maximum absolute atomic E-state index is 9.39. The van der Waals surface area contributed by atoms with Gasteiger partial charge in [-0.3, -0.25) is 0 Å². The first-order chi connectivity index (χ1) is 5.24. The fourth-order valence-corrected chi connectivity index (χ4v) is 1.77. The van der Waals surface area contributed by atoms with E-state index in [2.05, 4.69) is 18.7 Å². The predicted molar refractivity (Wildman–Crippen MR) is 46.6 cm³/mol. The molecular formula is C9H19NO. The van der Waals surface area contributed by atoms with Gasteiger partial charge in [0.25, 0.3) is 0 Å². The van der Waals surface area contributed by atoms with Crippen molar-refractivity contribution in [3.05, 3.63) is 0 Å². The highest BCUT2D eigenvalue weighted by atomic mass is 16.3. The van der Waals surface area contributed by atoms with E-state index in [-0.39, 0.29) is 6.10 Å². The summed E-state index contributed by atoms with van der Waals surface area (Å²) in [6.45, 7) is 6.63. The molecule has 66 valence electrons. The second kappa shape index (κ2) is 4.07. The minimum atomic E-state index is -0.0472. The Hall–Kier alpha value is -0.0800.